The van der Waals surface area contributed by atoms with Gasteiger partial charge in [-0.3, -0.25) is 19.7 Å². The minimum atomic E-state index is -1.96. The summed E-state index contributed by atoms with van der Waals surface area (Å²) in [6.45, 7) is 0.812. The highest BCUT2D eigenvalue weighted by atomic mass is 19.2. The van der Waals surface area contributed by atoms with Gasteiger partial charge in [-0.05, 0) is 6.92 Å². The summed E-state index contributed by atoms with van der Waals surface area (Å²) in [5.74, 6) is -7.76. The van der Waals surface area contributed by atoms with Gasteiger partial charge in [0.2, 0.25) is 5.82 Å². The van der Waals surface area contributed by atoms with Crippen molar-refractivity contribution in [3.63, 3.8) is 0 Å². The monoisotopic (exact) mass is 291 g/mol. The standard InChI is InChI=1S/C11H8F3NO5/c1-4-8(12)7(5(16)3-6(17)20-2)11(15(18)19)10(14)9(4)13/h3H2,1-2H3. The average molecular weight is 291 g/mol. The number of carbonyl (C=O) groups excluding carboxylic acids is 2. The maximum absolute atomic E-state index is 13.8. The number of ketones is 1. The van der Waals surface area contributed by atoms with Crippen molar-refractivity contribution in [3.05, 3.63) is 38.7 Å². The molecule has 0 radical (unpaired) electrons. The van der Waals surface area contributed by atoms with Crippen LogP contribution < -0.4 is 0 Å². The van der Waals surface area contributed by atoms with Crippen molar-refractivity contribution in [1.82, 2.24) is 0 Å². The normalized spacial score (nSPS) is 10.2. The molecule has 0 aliphatic carbocycles. The number of hydrogen-bond acceptors (Lipinski definition) is 5. The predicted octanol–water partition coefficient (Wildman–Crippen LogP) is 2.07. The Bertz CT molecular complexity index is 615. The molecule has 108 valence electrons. The summed E-state index contributed by atoms with van der Waals surface area (Å²) in [5, 5.41) is 10.7. The molecule has 20 heavy (non-hydrogen) atoms. The van der Waals surface area contributed by atoms with Crippen LogP contribution in [0.4, 0.5) is 18.9 Å². The molecule has 1 rings (SSSR count). The molecule has 0 heterocycles. The fourth-order valence-electron chi connectivity index (χ4n) is 1.48. The highest BCUT2D eigenvalue weighted by Crippen LogP contribution is 2.31. The Kier molecular flexibility index (Phi) is 4.43. The van der Waals surface area contributed by atoms with Crippen LogP contribution in [-0.2, 0) is 9.53 Å². The average Bonchev–Trinajstić information content (AvgIpc) is 2.39. The lowest BCUT2D eigenvalue weighted by atomic mass is 10.0. The topological polar surface area (TPSA) is 86.5 Å². The number of Topliss-reactive ketones (excluding diaryl/α,β-unsaturated/α-hetero) is 1. The smallest absolute Gasteiger partial charge is 0.321 e. The summed E-state index contributed by atoms with van der Waals surface area (Å²) in [7, 11) is 0.941. The molecular weight excluding hydrogens is 283 g/mol. The second kappa shape index (κ2) is 5.68. The van der Waals surface area contributed by atoms with Crippen LogP contribution in [0, 0.1) is 34.5 Å². The van der Waals surface area contributed by atoms with E-state index >= 15 is 0 Å². The Morgan fingerprint density at radius 2 is 1.75 bits per heavy atom. The molecule has 1 aromatic carbocycles. The number of carbonyl (C=O) groups is 2. The second-order valence-corrected chi connectivity index (χ2v) is 3.72. The van der Waals surface area contributed by atoms with E-state index in [1.807, 2.05) is 0 Å². The lowest BCUT2D eigenvalue weighted by Crippen LogP contribution is -2.16. The number of methoxy groups -OCH3 is 1. The van der Waals surface area contributed by atoms with Crippen molar-refractivity contribution >= 4 is 17.4 Å². The van der Waals surface area contributed by atoms with Crippen molar-refractivity contribution < 1.29 is 32.4 Å². The molecule has 0 aliphatic rings. The molecule has 6 nitrogen and oxygen atoms in total. The SMILES string of the molecule is COC(=O)CC(=O)c1c(F)c(C)c(F)c(F)c1[N+](=O)[O-]. The summed E-state index contributed by atoms with van der Waals surface area (Å²) in [6, 6.07) is 0. The van der Waals surface area contributed by atoms with E-state index in [1.165, 1.54) is 0 Å². The van der Waals surface area contributed by atoms with Crippen molar-refractivity contribution in [2.24, 2.45) is 0 Å². The minimum absolute atomic E-state index is 0.812. The molecule has 0 amide bonds. The second-order valence-electron chi connectivity index (χ2n) is 3.72. The summed E-state index contributed by atoms with van der Waals surface area (Å²) >= 11 is 0. The molecular formula is C11H8F3NO5. The van der Waals surface area contributed by atoms with Crippen LogP contribution in [0.25, 0.3) is 0 Å². The van der Waals surface area contributed by atoms with Gasteiger partial charge in [-0.15, -0.1) is 0 Å². The molecule has 0 aromatic heterocycles. The molecule has 0 saturated carbocycles. The Morgan fingerprint density at radius 3 is 2.20 bits per heavy atom. The van der Waals surface area contributed by atoms with Crippen LogP contribution in [-0.4, -0.2) is 23.8 Å². The molecule has 0 spiro atoms. The van der Waals surface area contributed by atoms with E-state index < -0.39 is 57.4 Å². The van der Waals surface area contributed by atoms with Gasteiger partial charge in [0.15, 0.2) is 11.6 Å². The van der Waals surface area contributed by atoms with Gasteiger partial charge in [0.05, 0.1) is 12.0 Å². The highest BCUT2D eigenvalue weighted by molar-refractivity contribution is 6.08. The van der Waals surface area contributed by atoms with E-state index in [2.05, 4.69) is 4.74 Å². The fourth-order valence-corrected chi connectivity index (χ4v) is 1.48. The Balaban J connectivity index is 3.56. The first-order chi connectivity index (χ1) is 9.22. The maximum atomic E-state index is 13.8. The van der Waals surface area contributed by atoms with E-state index in [1.54, 1.807) is 0 Å². The number of nitro benzene ring substituents is 1. The molecule has 0 atom stereocenters. The molecule has 1 aromatic rings. The van der Waals surface area contributed by atoms with Crippen molar-refractivity contribution in [3.8, 4) is 0 Å². The van der Waals surface area contributed by atoms with E-state index in [0.29, 0.717) is 0 Å². The molecule has 0 unspecified atom stereocenters. The quantitative estimate of drug-likeness (QED) is 0.212. The summed E-state index contributed by atoms with van der Waals surface area (Å²) in [5.41, 5.74) is -3.81. The van der Waals surface area contributed by atoms with Gasteiger partial charge in [-0.2, -0.15) is 4.39 Å². The van der Waals surface area contributed by atoms with Crippen LogP contribution >= 0.6 is 0 Å². The van der Waals surface area contributed by atoms with Crippen molar-refractivity contribution in [2.75, 3.05) is 7.11 Å². The third-order valence-electron chi connectivity index (χ3n) is 2.51. The lowest BCUT2D eigenvalue weighted by molar-refractivity contribution is -0.388. The van der Waals surface area contributed by atoms with E-state index in [4.69, 9.17) is 0 Å². The Labute approximate surface area is 110 Å². The maximum Gasteiger partial charge on any atom is 0.321 e. The van der Waals surface area contributed by atoms with Gasteiger partial charge in [-0.1, -0.05) is 0 Å². The zero-order valence-electron chi connectivity index (χ0n) is 10.3. The number of ether oxygens (including phenoxy) is 1. The first kappa shape index (κ1) is 15.6. The number of nitro groups is 1. The van der Waals surface area contributed by atoms with Gasteiger partial charge >= 0.3 is 11.7 Å². The zero-order valence-corrected chi connectivity index (χ0v) is 10.3. The van der Waals surface area contributed by atoms with Gasteiger partial charge in [0, 0.05) is 5.56 Å². The summed E-state index contributed by atoms with van der Waals surface area (Å²) < 4.78 is 44.7. The van der Waals surface area contributed by atoms with Crippen LogP contribution in [0.3, 0.4) is 0 Å². The van der Waals surface area contributed by atoms with Crippen LogP contribution in [0.15, 0.2) is 0 Å². The number of esters is 1. The Hall–Kier alpha value is -2.45. The number of hydrogen-bond donors (Lipinski definition) is 0. The van der Waals surface area contributed by atoms with Gasteiger partial charge in [0.25, 0.3) is 0 Å². The van der Waals surface area contributed by atoms with Crippen LogP contribution in [0.1, 0.15) is 22.3 Å². The van der Waals surface area contributed by atoms with Crippen LogP contribution in [0.5, 0.6) is 0 Å². The first-order valence-electron chi connectivity index (χ1n) is 5.13. The third-order valence-corrected chi connectivity index (χ3v) is 2.51. The zero-order chi connectivity index (χ0) is 15.6. The molecule has 0 bridgehead atoms. The fraction of sp³-hybridized carbons (Fsp3) is 0.273. The Morgan fingerprint density at radius 1 is 1.20 bits per heavy atom. The number of halogens is 3. The molecule has 0 fully saturated rings. The van der Waals surface area contributed by atoms with Crippen LogP contribution in [0.2, 0.25) is 0 Å². The molecule has 0 saturated heterocycles. The number of rotatable bonds is 4. The van der Waals surface area contributed by atoms with Crippen molar-refractivity contribution in [2.45, 2.75) is 13.3 Å². The van der Waals surface area contributed by atoms with E-state index in [0.717, 1.165) is 14.0 Å². The van der Waals surface area contributed by atoms with E-state index in [9.17, 15) is 32.9 Å². The third kappa shape index (κ3) is 2.60. The minimum Gasteiger partial charge on any atom is -0.469 e. The number of benzene rings is 1. The predicted molar refractivity (Wildman–Crippen MR) is 58.7 cm³/mol. The largest absolute Gasteiger partial charge is 0.469 e. The highest BCUT2D eigenvalue weighted by Gasteiger charge is 2.35. The van der Waals surface area contributed by atoms with Crippen molar-refractivity contribution in [1.29, 1.82) is 0 Å². The summed E-state index contributed by atoms with van der Waals surface area (Å²) in [6.07, 6.45) is -1.03. The lowest BCUT2D eigenvalue weighted by Gasteiger charge is -2.08. The molecule has 0 aliphatic heterocycles. The van der Waals surface area contributed by atoms with E-state index in [-0.39, 0.29) is 0 Å². The summed E-state index contributed by atoms with van der Waals surface area (Å²) in [4.78, 5) is 31.8. The van der Waals surface area contributed by atoms with Gasteiger partial charge in [-0.25, -0.2) is 8.78 Å². The first-order valence-corrected chi connectivity index (χ1v) is 5.13. The molecule has 0 N–H and O–H groups in total. The number of nitrogens with zero attached hydrogens (tertiary/aromatic N) is 1. The molecule has 9 heteroatoms. The van der Waals surface area contributed by atoms with Gasteiger partial charge < -0.3 is 4.74 Å². The van der Waals surface area contributed by atoms with Gasteiger partial charge in [0.1, 0.15) is 17.8 Å².